The van der Waals surface area contributed by atoms with Crippen molar-refractivity contribution in [2.75, 3.05) is 26.3 Å². The third-order valence-corrected chi connectivity index (χ3v) is 5.24. The molecule has 0 bridgehead atoms. The Hall–Kier alpha value is -1.10. The number of nitrogens with one attached hydrogen (secondary N) is 1. The third kappa shape index (κ3) is 4.25. The Bertz CT molecular complexity index is 536. The minimum Gasteiger partial charge on any atom is -0.379 e. The standard InChI is InChI=1S/C18H25ClN2O2/c1-14(21-10-12-23-13-11-21)2-7-17(22)20-18(8-9-18)15-3-5-16(19)6-4-15/h3-6,14H,2,7-13H2,1H3,(H,20,22)/t14-/m0/s1. The smallest absolute Gasteiger partial charge is 0.220 e. The predicted octanol–water partition coefficient (Wildman–Crippen LogP) is 2.95. The van der Waals surface area contributed by atoms with Gasteiger partial charge in [0.15, 0.2) is 0 Å². The number of halogens is 1. The minimum atomic E-state index is -0.149. The minimum absolute atomic E-state index is 0.149. The fourth-order valence-corrected chi connectivity index (χ4v) is 3.38. The van der Waals surface area contributed by atoms with E-state index in [0.29, 0.717) is 12.5 Å². The second-order valence-corrected chi connectivity index (χ2v) is 7.11. The lowest BCUT2D eigenvalue weighted by atomic mass is 10.0. The average molecular weight is 337 g/mol. The van der Waals surface area contributed by atoms with Gasteiger partial charge in [-0.1, -0.05) is 23.7 Å². The highest BCUT2D eigenvalue weighted by Gasteiger charge is 2.45. The van der Waals surface area contributed by atoms with Crippen molar-refractivity contribution >= 4 is 17.5 Å². The van der Waals surface area contributed by atoms with Gasteiger partial charge in [0, 0.05) is 30.6 Å². The van der Waals surface area contributed by atoms with Crippen LogP contribution < -0.4 is 5.32 Å². The Morgan fingerprint density at radius 3 is 2.57 bits per heavy atom. The average Bonchev–Trinajstić information content (AvgIpc) is 3.34. The van der Waals surface area contributed by atoms with E-state index in [1.54, 1.807) is 0 Å². The first-order valence-electron chi connectivity index (χ1n) is 8.48. The van der Waals surface area contributed by atoms with E-state index in [4.69, 9.17) is 16.3 Å². The summed E-state index contributed by atoms with van der Waals surface area (Å²) in [6.07, 6.45) is 3.50. The number of carbonyl (C=O) groups is 1. The molecular formula is C18H25ClN2O2. The number of nitrogens with zero attached hydrogens (tertiary/aromatic N) is 1. The molecule has 1 saturated carbocycles. The molecule has 1 aliphatic carbocycles. The predicted molar refractivity (Wildman–Crippen MR) is 91.6 cm³/mol. The van der Waals surface area contributed by atoms with E-state index in [2.05, 4.69) is 17.1 Å². The summed E-state index contributed by atoms with van der Waals surface area (Å²) in [4.78, 5) is 14.8. The van der Waals surface area contributed by atoms with E-state index in [1.165, 1.54) is 0 Å². The van der Waals surface area contributed by atoms with Crippen LogP contribution in [0.5, 0.6) is 0 Å². The van der Waals surface area contributed by atoms with Crippen molar-refractivity contribution in [2.45, 2.75) is 44.2 Å². The second kappa shape index (κ2) is 7.20. The van der Waals surface area contributed by atoms with Crippen molar-refractivity contribution in [2.24, 2.45) is 0 Å². The molecule has 1 aromatic carbocycles. The topological polar surface area (TPSA) is 41.6 Å². The Kier molecular flexibility index (Phi) is 5.24. The SMILES string of the molecule is C[C@@H](CCC(=O)NC1(c2ccc(Cl)cc2)CC1)N1CCOCC1. The summed E-state index contributed by atoms with van der Waals surface area (Å²) in [5.74, 6) is 0.151. The van der Waals surface area contributed by atoms with Gasteiger partial charge in [-0.05, 0) is 43.9 Å². The van der Waals surface area contributed by atoms with Crippen LogP contribution in [0.1, 0.15) is 38.2 Å². The number of carbonyl (C=O) groups excluding carboxylic acids is 1. The van der Waals surface area contributed by atoms with Gasteiger partial charge < -0.3 is 10.1 Å². The molecule has 1 aliphatic heterocycles. The van der Waals surface area contributed by atoms with Crippen LogP contribution in [0, 0.1) is 0 Å². The van der Waals surface area contributed by atoms with Crippen molar-refractivity contribution in [3.8, 4) is 0 Å². The number of morpholine rings is 1. The van der Waals surface area contributed by atoms with Crippen LogP contribution in [0.15, 0.2) is 24.3 Å². The molecule has 0 unspecified atom stereocenters. The summed E-state index contributed by atoms with van der Waals surface area (Å²) >= 11 is 5.95. The highest BCUT2D eigenvalue weighted by Crippen LogP contribution is 2.45. The quantitative estimate of drug-likeness (QED) is 0.868. The molecule has 1 N–H and O–H groups in total. The summed E-state index contributed by atoms with van der Waals surface area (Å²) in [6, 6.07) is 8.25. The molecule has 0 aromatic heterocycles. The highest BCUT2D eigenvalue weighted by atomic mass is 35.5. The molecule has 0 spiro atoms. The van der Waals surface area contributed by atoms with Gasteiger partial charge in [0.25, 0.3) is 0 Å². The molecule has 1 atom stereocenters. The summed E-state index contributed by atoms with van der Waals surface area (Å²) in [6.45, 7) is 5.74. The summed E-state index contributed by atoms with van der Waals surface area (Å²) in [7, 11) is 0. The molecule has 126 valence electrons. The fraction of sp³-hybridized carbons (Fsp3) is 0.611. The Morgan fingerprint density at radius 1 is 1.30 bits per heavy atom. The molecule has 5 heteroatoms. The third-order valence-electron chi connectivity index (χ3n) is 4.98. The van der Waals surface area contributed by atoms with Crippen LogP contribution >= 0.6 is 11.6 Å². The van der Waals surface area contributed by atoms with Gasteiger partial charge in [-0.25, -0.2) is 0 Å². The number of amides is 1. The maximum atomic E-state index is 12.3. The molecule has 1 heterocycles. The van der Waals surface area contributed by atoms with Gasteiger partial charge in [0.1, 0.15) is 0 Å². The molecular weight excluding hydrogens is 312 g/mol. The zero-order valence-electron chi connectivity index (χ0n) is 13.7. The maximum Gasteiger partial charge on any atom is 0.220 e. The van der Waals surface area contributed by atoms with Crippen LogP contribution in [0.4, 0.5) is 0 Å². The van der Waals surface area contributed by atoms with E-state index in [-0.39, 0.29) is 11.4 Å². The van der Waals surface area contributed by atoms with E-state index in [0.717, 1.165) is 56.2 Å². The zero-order chi connectivity index (χ0) is 16.3. The number of rotatable bonds is 6. The van der Waals surface area contributed by atoms with Crippen molar-refractivity contribution < 1.29 is 9.53 Å². The summed E-state index contributed by atoms with van der Waals surface area (Å²) < 4.78 is 5.38. The summed E-state index contributed by atoms with van der Waals surface area (Å²) in [5.41, 5.74) is 1.01. The number of benzene rings is 1. The van der Waals surface area contributed by atoms with Crippen LogP contribution in [0.3, 0.4) is 0 Å². The number of hydrogen-bond donors (Lipinski definition) is 1. The van der Waals surface area contributed by atoms with Crippen LogP contribution in [0.25, 0.3) is 0 Å². The lowest BCUT2D eigenvalue weighted by Crippen LogP contribution is -2.43. The molecule has 3 rings (SSSR count). The van der Waals surface area contributed by atoms with Crippen molar-refractivity contribution in [3.63, 3.8) is 0 Å². The first-order chi connectivity index (χ1) is 11.1. The van der Waals surface area contributed by atoms with Gasteiger partial charge in [-0.15, -0.1) is 0 Å². The molecule has 1 aromatic rings. The molecule has 1 saturated heterocycles. The first kappa shape index (κ1) is 16.7. The van der Waals surface area contributed by atoms with E-state index in [9.17, 15) is 4.79 Å². The summed E-state index contributed by atoms with van der Waals surface area (Å²) in [5, 5.41) is 3.97. The lowest BCUT2D eigenvalue weighted by Gasteiger charge is -2.32. The van der Waals surface area contributed by atoms with E-state index >= 15 is 0 Å². The maximum absolute atomic E-state index is 12.3. The lowest BCUT2D eigenvalue weighted by molar-refractivity contribution is -0.122. The Labute approximate surface area is 143 Å². The van der Waals surface area contributed by atoms with Crippen LogP contribution in [-0.4, -0.2) is 43.2 Å². The molecule has 0 radical (unpaired) electrons. The fourth-order valence-electron chi connectivity index (χ4n) is 3.25. The molecule has 23 heavy (non-hydrogen) atoms. The van der Waals surface area contributed by atoms with Crippen LogP contribution in [-0.2, 0) is 15.1 Å². The number of ether oxygens (including phenoxy) is 1. The van der Waals surface area contributed by atoms with Gasteiger partial charge in [-0.2, -0.15) is 0 Å². The monoisotopic (exact) mass is 336 g/mol. The van der Waals surface area contributed by atoms with Gasteiger partial charge in [0.2, 0.25) is 5.91 Å². The van der Waals surface area contributed by atoms with Crippen LogP contribution in [0.2, 0.25) is 5.02 Å². The van der Waals surface area contributed by atoms with Crippen molar-refractivity contribution in [1.82, 2.24) is 10.2 Å². The highest BCUT2D eigenvalue weighted by molar-refractivity contribution is 6.30. The molecule has 2 fully saturated rings. The van der Waals surface area contributed by atoms with Crippen molar-refractivity contribution in [3.05, 3.63) is 34.9 Å². The normalized spacial score (nSPS) is 21.7. The van der Waals surface area contributed by atoms with E-state index in [1.807, 2.05) is 24.3 Å². The molecule has 4 nitrogen and oxygen atoms in total. The number of hydrogen-bond acceptors (Lipinski definition) is 3. The van der Waals surface area contributed by atoms with Gasteiger partial charge >= 0.3 is 0 Å². The first-order valence-corrected chi connectivity index (χ1v) is 8.86. The molecule has 2 aliphatic rings. The van der Waals surface area contributed by atoms with Gasteiger partial charge in [0.05, 0.1) is 18.8 Å². The Balaban J connectivity index is 1.48. The van der Waals surface area contributed by atoms with Crippen molar-refractivity contribution in [1.29, 1.82) is 0 Å². The van der Waals surface area contributed by atoms with E-state index < -0.39 is 0 Å². The van der Waals surface area contributed by atoms with Gasteiger partial charge in [-0.3, -0.25) is 9.69 Å². The second-order valence-electron chi connectivity index (χ2n) is 6.67. The Morgan fingerprint density at radius 2 is 1.96 bits per heavy atom. The zero-order valence-corrected chi connectivity index (χ0v) is 14.4. The molecule has 1 amide bonds. The largest absolute Gasteiger partial charge is 0.379 e.